The van der Waals surface area contributed by atoms with E-state index in [1.807, 2.05) is 18.2 Å². The van der Waals surface area contributed by atoms with E-state index in [9.17, 15) is 4.79 Å². The average Bonchev–Trinajstić information content (AvgIpc) is 2.93. The number of anilines is 2. The number of thiocarbonyl (C=S) groups is 1. The molecule has 27 heavy (non-hydrogen) atoms. The van der Waals surface area contributed by atoms with Crippen molar-refractivity contribution >= 4 is 77.2 Å². The van der Waals surface area contributed by atoms with E-state index in [1.165, 1.54) is 24.8 Å². The van der Waals surface area contributed by atoms with Crippen molar-refractivity contribution in [3.05, 3.63) is 43.1 Å². The van der Waals surface area contributed by atoms with Gasteiger partial charge in [0, 0.05) is 13.8 Å². The van der Waals surface area contributed by atoms with Crippen LogP contribution in [0.3, 0.4) is 0 Å². The summed E-state index contributed by atoms with van der Waals surface area (Å²) in [7, 11) is 1.43. The highest BCUT2D eigenvalue weighted by atomic mass is 79.9. The molecule has 144 valence electrons. The highest BCUT2D eigenvalue weighted by Crippen LogP contribution is 2.37. The molecule has 0 fully saturated rings. The predicted octanol–water partition coefficient (Wildman–Crippen LogP) is 6.53. The van der Waals surface area contributed by atoms with Gasteiger partial charge in [0.15, 0.2) is 5.11 Å². The van der Waals surface area contributed by atoms with Gasteiger partial charge in [-0.25, -0.2) is 4.79 Å². The minimum atomic E-state index is -0.303. The fourth-order valence-corrected chi connectivity index (χ4v) is 5.88. The van der Waals surface area contributed by atoms with Gasteiger partial charge >= 0.3 is 5.97 Å². The lowest BCUT2D eigenvalue weighted by molar-refractivity contribution is 0.0601. The molecule has 0 amide bonds. The van der Waals surface area contributed by atoms with E-state index in [4.69, 9.17) is 17.0 Å². The average molecular weight is 532 g/mol. The maximum absolute atomic E-state index is 12.5. The number of aryl methyl sites for hydroxylation is 1. The number of hydrogen-bond acceptors (Lipinski definition) is 4. The van der Waals surface area contributed by atoms with Gasteiger partial charge in [0.2, 0.25) is 0 Å². The fourth-order valence-electron chi connectivity index (χ4n) is 3.17. The lowest BCUT2D eigenvalue weighted by Gasteiger charge is -2.13. The van der Waals surface area contributed by atoms with Gasteiger partial charge in [0.1, 0.15) is 5.00 Å². The number of methoxy groups -OCH3 is 1. The van der Waals surface area contributed by atoms with Crippen LogP contribution < -0.4 is 10.6 Å². The van der Waals surface area contributed by atoms with Gasteiger partial charge in [-0.3, -0.25) is 0 Å². The van der Waals surface area contributed by atoms with Gasteiger partial charge in [-0.05, 0) is 77.6 Å². The lowest BCUT2D eigenvalue weighted by Crippen LogP contribution is -2.20. The number of fused-ring (bicyclic) bond motifs is 1. The van der Waals surface area contributed by atoms with Gasteiger partial charge in [0.05, 0.1) is 18.4 Å². The van der Waals surface area contributed by atoms with Crippen LogP contribution in [-0.4, -0.2) is 18.2 Å². The number of carbonyl (C=O) groups excluding carboxylic acids is 1. The number of carbonyl (C=O) groups is 1. The van der Waals surface area contributed by atoms with Crippen molar-refractivity contribution in [1.82, 2.24) is 0 Å². The lowest BCUT2D eigenvalue weighted by atomic mass is 9.96. The van der Waals surface area contributed by atoms with Crippen molar-refractivity contribution < 1.29 is 9.53 Å². The van der Waals surface area contributed by atoms with Crippen LogP contribution in [0, 0.1) is 0 Å². The number of benzene rings is 1. The highest BCUT2D eigenvalue weighted by Gasteiger charge is 2.25. The van der Waals surface area contributed by atoms with Gasteiger partial charge in [-0.15, -0.1) is 11.3 Å². The van der Waals surface area contributed by atoms with Crippen molar-refractivity contribution in [3.8, 4) is 0 Å². The maximum atomic E-state index is 12.5. The number of rotatable bonds is 3. The molecule has 1 aliphatic carbocycles. The van der Waals surface area contributed by atoms with Crippen molar-refractivity contribution in [2.45, 2.75) is 38.5 Å². The van der Waals surface area contributed by atoms with Crippen molar-refractivity contribution in [2.75, 3.05) is 17.7 Å². The Balaban J connectivity index is 1.85. The first kappa shape index (κ1) is 20.8. The van der Waals surface area contributed by atoms with Crippen LogP contribution in [0.15, 0.2) is 27.1 Å². The quantitative estimate of drug-likeness (QED) is 0.348. The smallest absolute Gasteiger partial charge is 0.341 e. The Morgan fingerprint density at radius 3 is 2.59 bits per heavy atom. The largest absolute Gasteiger partial charge is 0.465 e. The van der Waals surface area contributed by atoms with Crippen LogP contribution >= 0.6 is 55.4 Å². The Morgan fingerprint density at radius 2 is 1.89 bits per heavy atom. The first-order chi connectivity index (χ1) is 13.0. The third kappa shape index (κ3) is 5.10. The summed E-state index contributed by atoms with van der Waals surface area (Å²) >= 11 is 14.1. The van der Waals surface area contributed by atoms with E-state index in [-0.39, 0.29) is 5.97 Å². The number of nitrogens with one attached hydrogen (secondary N) is 2. The van der Waals surface area contributed by atoms with Crippen LogP contribution in [0.5, 0.6) is 0 Å². The van der Waals surface area contributed by atoms with E-state index in [0.29, 0.717) is 10.7 Å². The molecular formula is C19H20Br2N2O2S2. The Morgan fingerprint density at radius 1 is 1.15 bits per heavy atom. The predicted molar refractivity (Wildman–Crippen MR) is 123 cm³/mol. The summed E-state index contributed by atoms with van der Waals surface area (Å²) in [6.07, 6.45) is 6.62. The Hall–Kier alpha value is -0.960. The Labute approximate surface area is 185 Å². The molecule has 1 aliphatic rings. The first-order valence-electron chi connectivity index (χ1n) is 8.75. The SMILES string of the molecule is COC(=O)c1c(NC(=S)Nc2ccc(Br)cc2Br)sc2c1CCCCCC2. The molecule has 0 spiro atoms. The van der Waals surface area contributed by atoms with E-state index in [0.717, 1.165) is 50.9 Å². The Bertz CT molecular complexity index is 868. The monoisotopic (exact) mass is 530 g/mol. The van der Waals surface area contributed by atoms with Crippen LogP contribution in [-0.2, 0) is 17.6 Å². The zero-order valence-corrected chi connectivity index (χ0v) is 19.7. The Kier molecular flexibility index (Phi) is 7.30. The summed E-state index contributed by atoms with van der Waals surface area (Å²) in [6.45, 7) is 0. The molecule has 8 heteroatoms. The third-order valence-corrected chi connectivity index (χ3v) is 7.03. The third-order valence-electron chi connectivity index (χ3n) is 4.47. The number of halogens is 2. The zero-order chi connectivity index (χ0) is 19.4. The molecule has 0 saturated carbocycles. The minimum Gasteiger partial charge on any atom is -0.465 e. The van der Waals surface area contributed by atoms with Crippen molar-refractivity contribution in [3.63, 3.8) is 0 Å². The first-order valence-corrected chi connectivity index (χ1v) is 11.6. The molecule has 1 aromatic heterocycles. The molecule has 2 N–H and O–H groups in total. The van der Waals surface area contributed by atoms with Gasteiger partial charge in [-0.2, -0.15) is 0 Å². The van der Waals surface area contributed by atoms with Gasteiger partial charge in [-0.1, -0.05) is 28.8 Å². The molecule has 0 bridgehead atoms. The van der Waals surface area contributed by atoms with E-state index in [1.54, 1.807) is 11.3 Å². The molecule has 0 radical (unpaired) electrons. The number of ether oxygens (including phenoxy) is 1. The molecule has 0 saturated heterocycles. The molecule has 3 rings (SSSR count). The van der Waals surface area contributed by atoms with Crippen LogP contribution in [0.4, 0.5) is 10.7 Å². The van der Waals surface area contributed by atoms with E-state index in [2.05, 4.69) is 42.5 Å². The number of thiophene rings is 1. The fraction of sp³-hybridized carbons (Fsp3) is 0.368. The summed E-state index contributed by atoms with van der Waals surface area (Å²) in [4.78, 5) is 13.7. The molecule has 2 aromatic rings. The molecular weight excluding hydrogens is 512 g/mol. The van der Waals surface area contributed by atoms with E-state index >= 15 is 0 Å². The molecule has 1 aromatic carbocycles. The van der Waals surface area contributed by atoms with Crippen LogP contribution in [0.1, 0.15) is 46.5 Å². The van der Waals surface area contributed by atoms with Crippen molar-refractivity contribution in [1.29, 1.82) is 0 Å². The second-order valence-corrected chi connectivity index (χ2v) is 9.60. The topological polar surface area (TPSA) is 50.4 Å². The van der Waals surface area contributed by atoms with Gasteiger partial charge in [0.25, 0.3) is 0 Å². The summed E-state index contributed by atoms with van der Waals surface area (Å²) in [6, 6.07) is 5.81. The standard InChI is InChI=1S/C19H20Br2N2O2S2/c1-25-18(24)16-12-6-4-2-3-5-7-15(12)27-17(16)23-19(26)22-14-9-8-11(20)10-13(14)21/h8-10H,2-7H2,1H3,(H2,22,23,26). The summed E-state index contributed by atoms with van der Waals surface area (Å²) in [5, 5.41) is 7.61. The van der Waals surface area contributed by atoms with Gasteiger partial charge < -0.3 is 15.4 Å². The normalized spacial score (nSPS) is 13.9. The van der Waals surface area contributed by atoms with Crippen LogP contribution in [0.2, 0.25) is 0 Å². The number of hydrogen-bond donors (Lipinski definition) is 2. The second-order valence-electron chi connectivity index (χ2n) is 6.32. The summed E-state index contributed by atoms with van der Waals surface area (Å²) in [5.74, 6) is -0.303. The highest BCUT2D eigenvalue weighted by molar-refractivity contribution is 9.11. The number of esters is 1. The molecule has 4 nitrogen and oxygen atoms in total. The molecule has 0 atom stereocenters. The maximum Gasteiger partial charge on any atom is 0.341 e. The van der Waals surface area contributed by atoms with E-state index < -0.39 is 0 Å². The molecule has 1 heterocycles. The zero-order valence-electron chi connectivity index (χ0n) is 14.9. The van der Waals surface area contributed by atoms with Crippen molar-refractivity contribution in [2.24, 2.45) is 0 Å². The minimum absolute atomic E-state index is 0.303. The summed E-state index contributed by atoms with van der Waals surface area (Å²) < 4.78 is 6.93. The summed E-state index contributed by atoms with van der Waals surface area (Å²) in [5.41, 5.74) is 2.62. The molecule has 0 aliphatic heterocycles. The van der Waals surface area contributed by atoms with Crippen LogP contribution in [0.25, 0.3) is 0 Å². The molecule has 0 unspecified atom stereocenters. The second kappa shape index (κ2) is 9.49.